The summed E-state index contributed by atoms with van der Waals surface area (Å²) in [6, 6.07) is 9.94. The summed E-state index contributed by atoms with van der Waals surface area (Å²) in [5.74, 6) is 0.179. The second kappa shape index (κ2) is 2.96. The van der Waals surface area contributed by atoms with Crippen molar-refractivity contribution < 1.29 is 4.79 Å². The quantitative estimate of drug-likeness (QED) is 0.751. The van der Waals surface area contributed by atoms with Crippen molar-refractivity contribution in [2.75, 3.05) is 6.54 Å². The van der Waals surface area contributed by atoms with Crippen LogP contribution in [-0.4, -0.2) is 12.3 Å². The Balaban J connectivity index is 2.31. The summed E-state index contributed by atoms with van der Waals surface area (Å²) in [7, 11) is 0. The lowest BCUT2D eigenvalue weighted by atomic mass is 9.91. The molecule has 1 saturated carbocycles. The Morgan fingerprint density at radius 2 is 1.92 bits per heavy atom. The van der Waals surface area contributed by atoms with Gasteiger partial charge in [-0.05, 0) is 18.4 Å². The monoisotopic (exact) mass is 175 g/mol. The van der Waals surface area contributed by atoms with Gasteiger partial charge < -0.3 is 5.73 Å². The molecule has 0 saturated heterocycles. The molecule has 1 aliphatic carbocycles. The van der Waals surface area contributed by atoms with Crippen LogP contribution in [0.3, 0.4) is 0 Å². The number of nitrogens with two attached hydrogens (primary N) is 1. The molecule has 1 aliphatic rings. The first kappa shape index (κ1) is 8.45. The Morgan fingerprint density at radius 1 is 1.31 bits per heavy atom. The molecule has 0 amide bonds. The Morgan fingerprint density at radius 3 is 2.38 bits per heavy atom. The highest BCUT2D eigenvalue weighted by molar-refractivity contribution is 5.94. The molecule has 0 aromatic heterocycles. The number of rotatable bonds is 3. The van der Waals surface area contributed by atoms with Crippen LogP contribution in [0.1, 0.15) is 18.4 Å². The molecule has 0 heterocycles. The molecule has 2 nitrogen and oxygen atoms in total. The van der Waals surface area contributed by atoms with E-state index in [0.29, 0.717) is 0 Å². The Hall–Kier alpha value is -1.15. The molecule has 2 rings (SSSR count). The average molecular weight is 175 g/mol. The fraction of sp³-hybridized carbons (Fsp3) is 0.364. The first-order valence-corrected chi connectivity index (χ1v) is 4.58. The maximum absolute atomic E-state index is 11.6. The van der Waals surface area contributed by atoms with Gasteiger partial charge in [0.1, 0.15) is 0 Å². The van der Waals surface area contributed by atoms with Gasteiger partial charge >= 0.3 is 0 Å². The molecule has 0 bridgehead atoms. The van der Waals surface area contributed by atoms with Gasteiger partial charge in [-0.2, -0.15) is 0 Å². The molecule has 0 atom stereocenters. The summed E-state index contributed by atoms with van der Waals surface area (Å²) in [4.78, 5) is 11.6. The first-order chi connectivity index (χ1) is 6.29. The highest BCUT2D eigenvalue weighted by atomic mass is 16.1. The lowest BCUT2D eigenvalue weighted by molar-refractivity contribution is -0.120. The largest absolute Gasteiger partial charge is 0.324 e. The highest BCUT2D eigenvalue weighted by Crippen LogP contribution is 2.48. The smallest absolute Gasteiger partial charge is 0.156 e. The Labute approximate surface area is 77.8 Å². The lowest BCUT2D eigenvalue weighted by Crippen LogP contribution is -2.27. The lowest BCUT2D eigenvalue weighted by Gasteiger charge is -2.12. The maximum Gasteiger partial charge on any atom is 0.156 e. The highest BCUT2D eigenvalue weighted by Gasteiger charge is 2.49. The summed E-state index contributed by atoms with van der Waals surface area (Å²) < 4.78 is 0. The number of hydrogen-bond donors (Lipinski definition) is 1. The van der Waals surface area contributed by atoms with E-state index in [0.717, 1.165) is 18.4 Å². The molecule has 1 aromatic rings. The van der Waals surface area contributed by atoms with E-state index in [4.69, 9.17) is 5.73 Å². The predicted octanol–water partition coefficient (Wildman–Crippen LogP) is 1.25. The number of hydrogen-bond acceptors (Lipinski definition) is 2. The van der Waals surface area contributed by atoms with Crippen molar-refractivity contribution in [2.24, 2.45) is 5.73 Å². The molecule has 13 heavy (non-hydrogen) atoms. The minimum atomic E-state index is -0.212. The minimum Gasteiger partial charge on any atom is -0.324 e. The second-order valence-electron chi connectivity index (χ2n) is 3.58. The zero-order valence-corrected chi connectivity index (χ0v) is 7.49. The van der Waals surface area contributed by atoms with Crippen molar-refractivity contribution in [2.45, 2.75) is 18.3 Å². The van der Waals surface area contributed by atoms with Gasteiger partial charge in [-0.1, -0.05) is 30.3 Å². The summed E-state index contributed by atoms with van der Waals surface area (Å²) in [5.41, 5.74) is 6.30. The second-order valence-corrected chi connectivity index (χ2v) is 3.58. The van der Waals surface area contributed by atoms with Crippen LogP contribution in [0, 0.1) is 0 Å². The van der Waals surface area contributed by atoms with Crippen LogP contribution in [0.15, 0.2) is 30.3 Å². The molecule has 68 valence electrons. The van der Waals surface area contributed by atoms with Crippen LogP contribution >= 0.6 is 0 Å². The number of benzene rings is 1. The van der Waals surface area contributed by atoms with Crippen LogP contribution in [0.4, 0.5) is 0 Å². The van der Waals surface area contributed by atoms with Gasteiger partial charge in [0, 0.05) is 0 Å². The number of Topliss-reactive ketones (excluding diaryl/α,β-unsaturated/α-hetero) is 1. The van der Waals surface area contributed by atoms with E-state index in [1.807, 2.05) is 30.3 Å². The van der Waals surface area contributed by atoms with Gasteiger partial charge in [-0.3, -0.25) is 4.79 Å². The van der Waals surface area contributed by atoms with Gasteiger partial charge in [0.05, 0.1) is 12.0 Å². The molecular weight excluding hydrogens is 162 g/mol. The van der Waals surface area contributed by atoms with Gasteiger partial charge in [0.2, 0.25) is 0 Å². The van der Waals surface area contributed by atoms with Crippen LogP contribution in [0.2, 0.25) is 0 Å². The molecule has 1 fully saturated rings. The SMILES string of the molecule is NCC(=O)C1(c2ccccc2)CC1. The topological polar surface area (TPSA) is 43.1 Å². The molecule has 0 unspecified atom stereocenters. The third-order valence-corrected chi connectivity index (χ3v) is 2.80. The normalized spacial score (nSPS) is 18.2. The molecule has 2 heteroatoms. The van der Waals surface area contributed by atoms with Crippen molar-refractivity contribution in [3.05, 3.63) is 35.9 Å². The zero-order valence-electron chi connectivity index (χ0n) is 7.49. The van der Waals surface area contributed by atoms with Crippen LogP contribution in [0.5, 0.6) is 0 Å². The Bertz CT molecular complexity index is 314. The molecule has 0 aliphatic heterocycles. The fourth-order valence-corrected chi connectivity index (χ4v) is 1.81. The van der Waals surface area contributed by atoms with E-state index in [1.54, 1.807) is 0 Å². The molecule has 1 aromatic carbocycles. The fourth-order valence-electron chi connectivity index (χ4n) is 1.81. The standard InChI is InChI=1S/C11H13NO/c12-8-10(13)11(6-7-11)9-4-2-1-3-5-9/h1-5H,6-8,12H2. The summed E-state index contributed by atoms with van der Waals surface area (Å²) in [6.45, 7) is 0.162. The maximum atomic E-state index is 11.6. The summed E-state index contributed by atoms with van der Waals surface area (Å²) >= 11 is 0. The van der Waals surface area contributed by atoms with E-state index >= 15 is 0 Å². The van der Waals surface area contributed by atoms with Crippen molar-refractivity contribution in [3.8, 4) is 0 Å². The summed E-state index contributed by atoms with van der Waals surface area (Å²) in [6.07, 6.45) is 1.93. The third-order valence-electron chi connectivity index (χ3n) is 2.80. The van der Waals surface area contributed by atoms with Crippen LogP contribution in [0.25, 0.3) is 0 Å². The number of carbonyl (C=O) groups excluding carboxylic acids is 1. The van der Waals surface area contributed by atoms with Crippen molar-refractivity contribution in [3.63, 3.8) is 0 Å². The molecule has 2 N–H and O–H groups in total. The molecule has 0 radical (unpaired) electrons. The van der Waals surface area contributed by atoms with Crippen LogP contribution in [-0.2, 0) is 10.2 Å². The minimum absolute atomic E-state index is 0.162. The predicted molar refractivity (Wildman–Crippen MR) is 51.4 cm³/mol. The van der Waals surface area contributed by atoms with E-state index in [-0.39, 0.29) is 17.7 Å². The Kier molecular flexibility index (Phi) is 1.93. The van der Waals surface area contributed by atoms with E-state index in [9.17, 15) is 4.79 Å². The van der Waals surface area contributed by atoms with Crippen LogP contribution < -0.4 is 5.73 Å². The van der Waals surface area contributed by atoms with Gasteiger partial charge in [-0.15, -0.1) is 0 Å². The number of carbonyl (C=O) groups is 1. The molecule has 0 spiro atoms. The van der Waals surface area contributed by atoms with Crippen molar-refractivity contribution >= 4 is 5.78 Å². The first-order valence-electron chi connectivity index (χ1n) is 4.58. The zero-order chi connectivity index (χ0) is 9.31. The van der Waals surface area contributed by atoms with E-state index in [2.05, 4.69) is 0 Å². The van der Waals surface area contributed by atoms with E-state index in [1.165, 1.54) is 0 Å². The van der Waals surface area contributed by atoms with Crippen molar-refractivity contribution in [1.82, 2.24) is 0 Å². The molecular formula is C11H13NO. The van der Waals surface area contributed by atoms with Gasteiger partial charge in [-0.25, -0.2) is 0 Å². The van der Waals surface area contributed by atoms with Crippen molar-refractivity contribution in [1.29, 1.82) is 0 Å². The van der Waals surface area contributed by atoms with E-state index < -0.39 is 0 Å². The third kappa shape index (κ3) is 1.27. The average Bonchev–Trinajstić information content (AvgIpc) is 2.99. The van der Waals surface area contributed by atoms with Gasteiger partial charge in [0.25, 0.3) is 0 Å². The number of ketones is 1. The summed E-state index contributed by atoms with van der Waals surface area (Å²) in [5, 5.41) is 0. The van der Waals surface area contributed by atoms with Gasteiger partial charge in [0.15, 0.2) is 5.78 Å².